The first-order valence-electron chi connectivity index (χ1n) is 6.93. The van der Waals surface area contributed by atoms with Gasteiger partial charge in [0.2, 0.25) is 0 Å². The first-order valence-corrected chi connectivity index (χ1v) is 6.93. The lowest BCUT2D eigenvalue weighted by atomic mass is 10.0. The number of anilines is 2. The third kappa shape index (κ3) is 2.41. The number of rotatable bonds is 2. The van der Waals surface area contributed by atoms with E-state index >= 15 is 0 Å². The van der Waals surface area contributed by atoms with Crippen molar-refractivity contribution in [2.75, 3.05) is 31.2 Å². The van der Waals surface area contributed by atoms with Gasteiger partial charge in [0.1, 0.15) is 0 Å². The first kappa shape index (κ1) is 13.1. The van der Waals surface area contributed by atoms with E-state index in [1.54, 1.807) is 6.20 Å². The summed E-state index contributed by atoms with van der Waals surface area (Å²) in [6.45, 7) is 2.01. The molecule has 3 rings (SSSR count). The molecular weight excluding hydrogens is 255 g/mol. The number of halogens is 1. The van der Waals surface area contributed by atoms with E-state index in [1.807, 2.05) is 12.1 Å². The highest BCUT2D eigenvalue weighted by molar-refractivity contribution is 5.98. The Balaban J connectivity index is 1.98. The van der Waals surface area contributed by atoms with Crippen molar-refractivity contribution in [3.05, 3.63) is 30.2 Å². The molecule has 1 aliphatic heterocycles. The predicted octanol–water partition coefficient (Wildman–Crippen LogP) is 2.46. The Hall–Kier alpha value is -1.88. The molecule has 106 valence electrons. The van der Waals surface area contributed by atoms with Crippen LogP contribution in [0.1, 0.15) is 12.8 Å². The standard InChI is InChI=1S/C15H19FN4/c1-20-7-3-4-10(9-20)19-15-12(16)8-13(17)11-5-2-6-18-14(11)15/h2,5-6,8,10,19H,3-4,7,9,17H2,1H3. The first-order chi connectivity index (χ1) is 9.65. The van der Waals surface area contributed by atoms with Crippen LogP contribution in [-0.4, -0.2) is 36.1 Å². The monoisotopic (exact) mass is 274 g/mol. The summed E-state index contributed by atoms with van der Waals surface area (Å²) in [5.74, 6) is -0.332. The van der Waals surface area contributed by atoms with Gasteiger partial charge in [0, 0.05) is 29.9 Å². The number of fused-ring (bicyclic) bond motifs is 1. The van der Waals surface area contributed by atoms with Crippen LogP contribution in [0, 0.1) is 5.82 Å². The van der Waals surface area contributed by atoms with Gasteiger partial charge in [0.05, 0.1) is 11.2 Å². The van der Waals surface area contributed by atoms with Gasteiger partial charge in [0.25, 0.3) is 0 Å². The van der Waals surface area contributed by atoms with Gasteiger partial charge in [-0.2, -0.15) is 0 Å². The minimum atomic E-state index is -0.332. The SMILES string of the molecule is CN1CCCC(Nc2c(F)cc(N)c3cccnc23)C1. The van der Waals surface area contributed by atoms with Crippen LogP contribution < -0.4 is 11.1 Å². The molecule has 1 aromatic carbocycles. The zero-order chi connectivity index (χ0) is 14.1. The number of likely N-dealkylation sites (tertiary alicyclic amines) is 1. The third-order valence-corrected chi connectivity index (χ3v) is 3.85. The molecule has 3 N–H and O–H groups in total. The van der Waals surface area contributed by atoms with Crippen LogP contribution in [0.15, 0.2) is 24.4 Å². The molecule has 1 unspecified atom stereocenters. The highest BCUT2D eigenvalue weighted by Gasteiger charge is 2.20. The second-order valence-electron chi connectivity index (χ2n) is 5.47. The number of piperidine rings is 1. The molecule has 0 radical (unpaired) electrons. The lowest BCUT2D eigenvalue weighted by Crippen LogP contribution is -2.40. The number of nitrogens with one attached hydrogen (secondary N) is 1. The van der Waals surface area contributed by atoms with Crippen LogP contribution in [0.3, 0.4) is 0 Å². The van der Waals surface area contributed by atoms with Crippen LogP contribution in [0.25, 0.3) is 10.9 Å². The summed E-state index contributed by atoms with van der Waals surface area (Å²) in [6.07, 6.45) is 3.83. The average molecular weight is 274 g/mol. The summed E-state index contributed by atoms with van der Waals surface area (Å²) < 4.78 is 14.2. The van der Waals surface area contributed by atoms with Crippen LogP contribution in [-0.2, 0) is 0 Å². The fourth-order valence-corrected chi connectivity index (χ4v) is 2.86. The van der Waals surface area contributed by atoms with Crippen molar-refractivity contribution in [1.29, 1.82) is 0 Å². The Kier molecular flexibility index (Phi) is 3.44. The molecule has 4 nitrogen and oxygen atoms in total. The van der Waals surface area contributed by atoms with E-state index in [1.165, 1.54) is 6.07 Å². The minimum absolute atomic E-state index is 0.247. The largest absolute Gasteiger partial charge is 0.398 e. The topological polar surface area (TPSA) is 54.2 Å². The minimum Gasteiger partial charge on any atom is -0.398 e. The number of nitrogens with zero attached hydrogens (tertiary/aromatic N) is 2. The maximum atomic E-state index is 14.2. The van der Waals surface area contributed by atoms with Gasteiger partial charge < -0.3 is 16.0 Å². The summed E-state index contributed by atoms with van der Waals surface area (Å²) in [7, 11) is 2.09. The lowest BCUT2D eigenvalue weighted by Gasteiger charge is -2.31. The summed E-state index contributed by atoms with van der Waals surface area (Å²) in [4.78, 5) is 6.55. The summed E-state index contributed by atoms with van der Waals surface area (Å²) in [5.41, 5.74) is 7.37. The molecule has 1 atom stereocenters. The van der Waals surface area contributed by atoms with Gasteiger partial charge in [-0.05, 0) is 44.6 Å². The van der Waals surface area contributed by atoms with Crippen molar-refractivity contribution in [2.24, 2.45) is 0 Å². The van der Waals surface area contributed by atoms with Crippen molar-refractivity contribution in [1.82, 2.24) is 9.88 Å². The second kappa shape index (κ2) is 5.25. The zero-order valence-corrected chi connectivity index (χ0v) is 11.6. The van der Waals surface area contributed by atoms with Gasteiger partial charge in [-0.3, -0.25) is 4.98 Å². The molecule has 0 saturated carbocycles. The Morgan fingerprint density at radius 2 is 2.35 bits per heavy atom. The fourth-order valence-electron chi connectivity index (χ4n) is 2.86. The molecule has 0 amide bonds. The molecule has 2 aromatic rings. The summed E-state index contributed by atoms with van der Waals surface area (Å²) in [6, 6.07) is 5.31. The van der Waals surface area contributed by atoms with Crippen molar-refractivity contribution >= 4 is 22.3 Å². The molecule has 0 aliphatic carbocycles. The molecule has 1 fully saturated rings. The average Bonchev–Trinajstić information content (AvgIpc) is 2.43. The van der Waals surface area contributed by atoms with E-state index in [-0.39, 0.29) is 11.9 Å². The normalized spacial score (nSPS) is 20.2. The Bertz CT molecular complexity index is 629. The number of pyridine rings is 1. The van der Waals surface area contributed by atoms with Crippen molar-refractivity contribution in [3.63, 3.8) is 0 Å². The smallest absolute Gasteiger partial charge is 0.150 e. The highest BCUT2D eigenvalue weighted by atomic mass is 19.1. The van der Waals surface area contributed by atoms with E-state index < -0.39 is 0 Å². The maximum absolute atomic E-state index is 14.2. The van der Waals surface area contributed by atoms with E-state index in [2.05, 4.69) is 22.2 Å². The fraction of sp³-hybridized carbons (Fsp3) is 0.400. The lowest BCUT2D eigenvalue weighted by molar-refractivity contribution is 0.261. The molecule has 5 heteroatoms. The van der Waals surface area contributed by atoms with E-state index in [4.69, 9.17) is 5.73 Å². The molecule has 2 heterocycles. The quantitative estimate of drug-likeness (QED) is 0.826. The molecule has 0 bridgehead atoms. The summed E-state index contributed by atoms with van der Waals surface area (Å²) in [5, 5.41) is 4.11. The van der Waals surface area contributed by atoms with Gasteiger partial charge in [-0.25, -0.2) is 4.39 Å². The molecule has 1 saturated heterocycles. The summed E-state index contributed by atoms with van der Waals surface area (Å²) >= 11 is 0. The number of aromatic nitrogens is 1. The number of benzene rings is 1. The van der Waals surface area contributed by atoms with E-state index in [0.717, 1.165) is 31.3 Å². The number of hydrogen-bond donors (Lipinski definition) is 2. The van der Waals surface area contributed by atoms with Gasteiger partial charge in [0.15, 0.2) is 5.82 Å². The Labute approximate surface area is 117 Å². The molecule has 1 aromatic heterocycles. The van der Waals surface area contributed by atoms with Crippen LogP contribution >= 0.6 is 0 Å². The zero-order valence-electron chi connectivity index (χ0n) is 11.6. The molecule has 1 aliphatic rings. The highest BCUT2D eigenvalue weighted by Crippen LogP contribution is 2.30. The molecular formula is C15H19FN4. The molecule has 20 heavy (non-hydrogen) atoms. The van der Waals surface area contributed by atoms with E-state index in [9.17, 15) is 4.39 Å². The van der Waals surface area contributed by atoms with Gasteiger partial charge in [-0.15, -0.1) is 0 Å². The second-order valence-corrected chi connectivity index (χ2v) is 5.47. The van der Waals surface area contributed by atoms with E-state index in [0.29, 0.717) is 16.9 Å². The number of nitrogens with two attached hydrogens (primary N) is 1. The number of hydrogen-bond acceptors (Lipinski definition) is 4. The van der Waals surface area contributed by atoms with Crippen LogP contribution in [0.5, 0.6) is 0 Å². The van der Waals surface area contributed by atoms with Crippen LogP contribution in [0.2, 0.25) is 0 Å². The predicted molar refractivity (Wildman–Crippen MR) is 80.3 cm³/mol. The molecule has 0 spiro atoms. The van der Waals surface area contributed by atoms with Gasteiger partial charge >= 0.3 is 0 Å². The van der Waals surface area contributed by atoms with Crippen molar-refractivity contribution < 1.29 is 4.39 Å². The Morgan fingerprint density at radius 3 is 3.15 bits per heavy atom. The number of likely N-dealkylation sites (N-methyl/N-ethyl adjacent to an activating group) is 1. The Morgan fingerprint density at radius 1 is 1.50 bits per heavy atom. The maximum Gasteiger partial charge on any atom is 0.150 e. The van der Waals surface area contributed by atoms with Gasteiger partial charge in [-0.1, -0.05) is 0 Å². The number of nitrogen functional groups attached to an aromatic ring is 1. The third-order valence-electron chi connectivity index (χ3n) is 3.85. The van der Waals surface area contributed by atoms with Crippen molar-refractivity contribution in [3.8, 4) is 0 Å². The van der Waals surface area contributed by atoms with Crippen LogP contribution in [0.4, 0.5) is 15.8 Å². The van der Waals surface area contributed by atoms with Crippen molar-refractivity contribution in [2.45, 2.75) is 18.9 Å².